The van der Waals surface area contributed by atoms with Crippen LogP contribution in [-0.4, -0.2) is 35.5 Å². The van der Waals surface area contributed by atoms with E-state index in [-0.39, 0.29) is 6.61 Å². The molecule has 0 fully saturated rings. The van der Waals surface area contributed by atoms with Gasteiger partial charge in [-0.15, -0.1) is 11.8 Å². The first-order valence-electron chi connectivity index (χ1n) is 6.94. The first-order chi connectivity index (χ1) is 9.60. The van der Waals surface area contributed by atoms with Crippen LogP contribution in [0.1, 0.15) is 32.3 Å². The highest BCUT2D eigenvalue weighted by Crippen LogP contribution is 2.31. The van der Waals surface area contributed by atoms with Crippen LogP contribution in [0.25, 0.3) is 0 Å². The summed E-state index contributed by atoms with van der Waals surface area (Å²) in [6.07, 6.45) is 4.07. The van der Waals surface area contributed by atoms with Crippen LogP contribution in [0.2, 0.25) is 0 Å². The SMILES string of the molecule is CCC(CC)N(CCO)c1cccc(SC)c1C(N)=S. The van der Waals surface area contributed by atoms with Crippen LogP contribution in [0.15, 0.2) is 23.1 Å². The standard InChI is InChI=1S/C15H24N2OS2/c1-4-11(5-2)17(9-10-18)12-7-6-8-13(20-3)14(12)15(16)19/h6-8,11,18H,4-5,9-10H2,1-3H3,(H2,16,19). The van der Waals surface area contributed by atoms with Gasteiger partial charge in [0.2, 0.25) is 0 Å². The minimum Gasteiger partial charge on any atom is -0.395 e. The molecule has 0 spiro atoms. The molecular formula is C15H24N2OS2. The van der Waals surface area contributed by atoms with Gasteiger partial charge in [-0.05, 0) is 31.2 Å². The molecule has 0 atom stereocenters. The van der Waals surface area contributed by atoms with Gasteiger partial charge in [0.05, 0.1) is 6.61 Å². The highest BCUT2D eigenvalue weighted by molar-refractivity contribution is 7.98. The average Bonchev–Trinajstić information content (AvgIpc) is 2.46. The van der Waals surface area contributed by atoms with Crippen LogP contribution in [0, 0.1) is 0 Å². The molecule has 1 aromatic carbocycles. The van der Waals surface area contributed by atoms with Crippen LogP contribution in [0.3, 0.4) is 0 Å². The molecule has 0 saturated carbocycles. The summed E-state index contributed by atoms with van der Waals surface area (Å²) in [6, 6.07) is 6.48. The lowest BCUT2D eigenvalue weighted by Crippen LogP contribution is -2.38. The van der Waals surface area contributed by atoms with Crippen molar-refractivity contribution >= 4 is 34.7 Å². The average molecular weight is 313 g/mol. The Kier molecular flexibility index (Phi) is 7.34. The lowest BCUT2D eigenvalue weighted by molar-refractivity contribution is 0.296. The van der Waals surface area contributed by atoms with E-state index in [4.69, 9.17) is 18.0 Å². The smallest absolute Gasteiger partial charge is 0.107 e. The number of hydrogen-bond acceptors (Lipinski definition) is 4. The number of aliphatic hydroxyl groups is 1. The van der Waals surface area contributed by atoms with Crippen molar-refractivity contribution < 1.29 is 5.11 Å². The van der Waals surface area contributed by atoms with Crippen molar-refractivity contribution in [3.05, 3.63) is 23.8 Å². The van der Waals surface area contributed by atoms with E-state index in [1.807, 2.05) is 24.5 Å². The Bertz CT molecular complexity index is 447. The molecular weight excluding hydrogens is 288 g/mol. The van der Waals surface area contributed by atoms with Gasteiger partial charge in [0.1, 0.15) is 4.99 Å². The Hall–Kier alpha value is -0.780. The second-order valence-electron chi connectivity index (χ2n) is 4.61. The molecule has 0 unspecified atom stereocenters. The summed E-state index contributed by atoms with van der Waals surface area (Å²) in [6.45, 7) is 5.05. The number of nitrogens with two attached hydrogens (primary N) is 1. The first-order valence-corrected chi connectivity index (χ1v) is 8.58. The zero-order chi connectivity index (χ0) is 15.1. The van der Waals surface area contributed by atoms with Gasteiger partial charge >= 0.3 is 0 Å². The van der Waals surface area contributed by atoms with Gasteiger partial charge in [0.25, 0.3) is 0 Å². The Morgan fingerprint density at radius 1 is 1.40 bits per heavy atom. The maximum atomic E-state index is 9.38. The lowest BCUT2D eigenvalue weighted by atomic mass is 10.1. The van der Waals surface area contributed by atoms with Crippen LogP contribution < -0.4 is 10.6 Å². The van der Waals surface area contributed by atoms with Crippen molar-refractivity contribution in [3.8, 4) is 0 Å². The maximum absolute atomic E-state index is 9.38. The zero-order valence-corrected chi connectivity index (χ0v) is 14.1. The minimum absolute atomic E-state index is 0.122. The van der Waals surface area contributed by atoms with Gasteiger partial charge < -0.3 is 15.7 Å². The predicted octanol–water partition coefficient (Wildman–Crippen LogP) is 3.03. The van der Waals surface area contributed by atoms with E-state index >= 15 is 0 Å². The molecule has 0 heterocycles. The topological polar surface area (TPSA) is 49.5 Å². The van der Waals surface area contributed by atoms with Crippen molar-refractivity contribution in [2.75, 3.05) is 24.3 Å². The van der Waals surface area contributed by atoms with E-state index in [0.717, 1.165) is 29.0 Å². The summed E-state index contributed by atoms with van der Waals surface area (Å²) in [4.78, 5) is 3.73. The third-order valence-electron chi connectivity index (χ3n) is 3.50. The van der Waals surface area contributed by atoms with Crippen molar-refractivity contribution in [2.24, 2.45) is 5.73 Å². The molecule has 0 bridgehead atoms. The van der Waals surface area contributed by atoms with Gasteiger partial charge in [0.15, 0.2) is 0 Å². The fourth-order valence-electron chi connectivity index (χ4n) is 2.51. The van der Waals surface area contributed by atoms with Gasteiger partial charge in [0, 0.05) is 28.7 Å². The van der Waals surface area contributed by atoms with Crippen molar-refractivity contribution in [3.63, 3.8) is 0 Å². The third kappa shape index (κ3) is 3.87. The molecule has 0 aliphatic rings. The quantitative estimate of drug-likeness (QED) is 0.571. The van der Waals surface area contributed by atoms with Gasteiger partial charge in [-0.25, -0.2) is 0 Å². The number of hydrogen-bond donors (Lipinski definition) is 2. The molecule has 112 valence electrons. The van der Waals surface area contributed by atoms with E-state index in [1.54, 1.807) is 11.8 Å². The zero-order valence-electron chi connectivity index (χ0n) is 12.4. The van der Waals surface area contributed by atoms with E-state index in [2.05, 4.69) is 18.7 Å². The number of benzene rings is 1. The molecule has 20 heavy (non-hydrogen) atoms. The molecule has 0 radical (unpaired) electrons. The van der Waals surface area contributed by atoms with E-state index in [1.165, 1.54) is 0 Å². The molecule has 0 aliphatic heterocycles. The fourth-order valence-corrected chi connectivity index (χ4v) is 3.43. The Labute approximate surface area is 131 Å². The van der Waals surface area contributed by atoms with Crippen LogP contribution >= 0.6 is 24.0 Å². The summed E-state index contributed by atoms with van der Waals surface area (Å²) < 4.78 is 0. The van der Waals surface area contributed by atoms with Gasteiger partial charge in [-0.2, -0.15) is 0 Å². The van der Waals surface area contributed by atoms with Crippen molar-refractivity contribution in [2.45, 2.75) is 37.6 Å². The maximum Gasteiger partial charge on any atom is 0.107 e. The molecule has 3 N–H and O–H groups in total. The summed E-state index contributed by atoms with van der Waals surface area (Å²) >= 11 is 6.88. The highest BCUT2D eigenvalue weighted by atomic mass is 32.2. The predicted molar refractivity (Wildman–Crippen MR) is 92.9 cm³/mol. The normalized spacial score (nSPS) is 10.8. The summed E-state index contributed by atoms with van der Waals surface area (Å²) in [5, 5.41) is 9.38. The van der Waals surface area contributed by atoms with E-state index < -0.39 is 0 Å². The Morgan fingerprint density at radius 3 is 2.50 bits per heavy atom. The largest absolute Gasteiger partial charge is 0.395 e. The second-order valence-corrected chi connectivity index (χ2v) is 5.89. The number of aliphatic hydroxyl groups excluding tert-OH is 1. The number of thiocarbonyl (C=S) groups is 1. The van der Waals surface area contributed by atoms with E-state index in [9.17, 15) is 5.11 Å². The van der Waals surface area contributed by atoms with Crippen molar-refractivity contribution in [1.82, 2.24) is 0 Å². The van der Waals surface area contributed by atoms with Crippen LogP contribution in [0.5, 0.6) is 0 Å². The fraction of sp³-hybridized carbons (Fsp3) is 0.533. The summed E-state index contributed by atoms with van der Waals surface area (Å²) in [5.41, 5.74) is 7.90. The second kappa shape index (κ2) is 8.49. The summed E-state index contributed by atoms with van der Waals surface area (Å²) in [7, 11) is 0. The summed E-state index contributed by atoms with van der Waals surface area (Å²) in [5.74, 6) is 0. The van der Waals surface area contributed by atoms with E-state index in [0.29, 0.717) is 17.6 Å². The molecule has 0 aromatic heterocycles. The lowest BCUT2D eigenvalue weighted by Gasteiger charge is -2.34. The van der Waals surface area contributed by atoms with Gasteiger partial charge in [-0.1, -0.05) is 32.1 Å². The number of thioether (sulfide) groups is 1. The van der Waals surface area contributed by atoms with Crippen molar-refractivity contribution in [1.29, 1.82) is 0 Å². The molecule has 1 aromatic rings. The molecule has 0 saturated heterocycles. The van der Waals surface area contributed by atoms with Crippen LogP contribution in [0.4, 0.5) is 5.69 Å². The highest BCUT2D eigenvalue weighted by Gasteiger charge is 2.21. The molecule has 5 heteroatoms. The first kappa shape index (κ1) is 17.3. The Morgan fingerprint density at radius 2 is 2.05 bits per heavy atom. The molecule has 0 aliphatic carbocycles. The van der Waals surface area contributed by atoms with Crippen LogP contribution in [-0.2, 0) is 0 Å². The van der Waals surface area contributed by atoms with Gasteiger partial charge in [-0.3, -0.25) is 0 Å². The monoisotopic (exact) mass is 312 g/mol. The molecule has 3 nitrogen and oxygen atoms in total. The molecule has 1 rings (SSSR count). The third-order valence-corrected chi connectivity index (χ3v) is 4.49. The number of nitrogens with zero attached hydrogens (tertiary/aromatic N) is 1. The Balaban J connectivity index is 3.35. The minimum atomic E-state index is 0.122. The number of anilines is 1. The number of rotatable bonds is 8. The molecule has 0 amide bonds.